The van der Waals surface area contributed by atoms with E-state index in [9.17, 15) is 0 Å². The van der Waals surface area contributed by atoms with Crippen molar-refractivity contribution in [2.75, 3.05) is 0 Å². The Hall–Kier alpha value is -0.890. The van der Waals surface area contributed by atoms with Crippen molar-refractivity contribution in [2.24, 2.45) is 0 Å². The van der Waals surface area contributed by atoms with Crippen molar-refractivity contribution < 1.29 is 0 Å². The first-order valence-electron chi connectivity index (χ1n) is 3.37. The average molecular weight is 208 g/mol. The Labute approximate surface area is 73.2 Å². The van der Waals surface area contributed by atoms with Crippen LogP contribution in [-0.2, 0) is 0 Å². The van der Waals surface area contributed by atoms with Crippen LogP contribution in [0.25, 0.3) is 10.9 Å². The van der Waals surface area contributed by atoms with E-state index in [1.165, 1.54) is 0 Å². The van der Waals surface area contributed by atoms with E-state index in [0.29, 0.717) is 0 Å². The largest absolute Gasteiger partial charge is 0.256 e. The minimum Gasteiger partial charge on any atom is -0.256 e. The van der Waals surface area contributed by atoms with Crippen LogP contribution in [0.5, 0.6) is 0 Å². The summed E-state index contributed by atoms with van der Waals surface area (Å²) in [4.78, 5) is 4.21. The molecule has 0 radical (unpaired) electrons. The molecular weight excluding hydrogens is 202 g/mol. The second kappa shape index (κ2) is 2.62. The molecule has 2 heteroatoms. The Balaban J connectivity index is 2.91. The van der Waals surface area contributed by atoms with Gasteiger partial charge in [-0.3, -0.25) is 4.98 Å². The molecule has 0 aliphatic rings. The highest BCUT2D eigenvalue weighted by Crippen LogP contribution is 2.20. The molecule has 0 fully saturated rings. The topological polar surface area (TPSA) is 12.9 Å². The van der Waals surface area contributed by atoms with Crippen LogP contribution in [-0.4, -0.2) is 4.98 Å². The number of rotatable bonds is 0. The second-order valence-electron chi connectivity index (χ2n) is 2.31. The lowest BCUT2D eigenvalue weighted by molar-refractivity contribution is 1.41. The van der Waals surface area contributed by atoms with E-state index in [1.54, 1.807) is 6.20 Å². The van der Waals surface area contributed by atoms with Gasteiger partial charge >= 0.3 is 0 Å². The zero-order chi connectivity index (χ0) is 7.68. The van der Waals surface area contributed by atoms with Crippen molar-refractivity contribution in [1.82, 2.24) is 4.98 Å². The minimum absolute atomic E-state index is 1.03. The Morgan fingerprint density at radius 1 is 1.09 bits per heavy atom. The van der Waals surface area contributed by atoms with Crippen LogP contribution in [0.15, 0.2) is 41.0 Å². The van der Waals surface area contributed by atoms with E-state index in [1.807, 2.05) is 30.3 Å². The van der Waals surface area contributed by atoms with Crippen LogP contribution in [0.2, 0.25) is 0 Å². The van der Waals surface area contributed by atoms with Crippen molar-refractivity contribution in [1.29, 1.82) is 0 Å². The average Bonchev–Trinajstić information content (AvgIpc) is 2.06. The van der Waals surface area contributed by atoms with Gasteiger partial charge in [0, 0.05) is 16.1 Å². The number of hydrogen-bond donors (Lipinski definition) is 0. The predicted octanol–water partition coefficient (Wildman–Crippen LogP) is 3.00. The van der Waals surface area contributed by atoms with Gasteiger partial charge in [0.15, 0.2) is 0 Å². The van der Waals surface area contributed by atoms with E-state index < -0.39 is 0 Å². The molecule has 54 valence electrons. The SMILES string of the molecule is Brc1cccc2ncccc12. The fraction of sp³-hybridized carbons (Fsp3) is 0. The van der Waals surface area contributed by atoms with Gasteiger partial charge in [0.05, 0.1) is 5.52 Å². The molecule has 11 heavy (non-hydrogen) atoms. The van der Waals surface area contributed by atoms with E-state index in [0.717, 1.165) is 15.4 Å². The predicted molar refractivity (Wildman–Crippen MR) is 49.4 cm³/mol. The fourth-order valence-corrected chi connectivity index (χ4v) is 1.55. The third-order valence-electron chi connectivity index (χ3n) is 1.59. The van der Waals surface area contributed by atoms with Crippen molar-refractivity contribution in [2.45, 2.75) is 0 Å². The first-order valence-corrected chi connectivity index (χ1v) is 4.16. The Kier molecular flexibility index (Phi) is 1.62. The Bertz CT molecular complexity index is 379. The van der Waals surface area contributed by atoms with Crippen LogP contribution < -0.4 is 0 Å². The normalized spacial score (nSPS) is 10.3. The quantitative estimate of drug-likeness (QED) is 0.648. The van der Waals surface area contributed by atoms with Crippen molar-refractivity contribution >= 4 is 26.8 Å². The summed E-state index contributed by atoms with van der Waals surface area (Å²) in [7, 11) is 0. The molecule has 0 spiro atoms. The maximum atomic E-state index is 4.21. The van der Waals surface area contributed by atoms with Gasteiger partial charge in [-0.2, -0.15) is 0 Å². The standard InChI is InChI=1S/C9H6BrN/c10-8-4-1-5-9-7(8)3-2-6-11-9/h1-6H. The third-order valence-corrected chi connectivity index (χ3v) is 2.28. The third kappa shape index (κ3) is 1.14. The van der Waals surface area contributed by atoms with Gasteiger partial charge in [-0.25, -0.2) is 0 Å². The first kappa shape index (κ1) is 6.80. The highest BCUT2D eigenvalue weighted by Gasteiger charge is 1.94. The van der Waals surface area contributed by atoms with Crippen molar-refractivity contribution in [3.05, 3.63) is 41.0 Å². The first-order chi connectivity index (χ1) is 5.38. The molecule has 1 nitrogen and oxygen atoms in total. The summed E-state index contributed by atoms with van der Waals surface area (Å²) in [5, 5.41) is 1.16. The van der Waals surface area contributed by atoms with Gasteiger partial charge in [0.2, 0.25) is 0 Å². The molecular formula is C9H6BrN. The molecule has 1 heterocycles. The lowest BCUT2D eigenvalue weighted by Crippen LogP contribution is -1.76. The number of aromatic nitrogens is 1. The van der Waals surface area contributed by atoms with E-state index >= 15 is 0 Å². The molecule has 2 aromatic rings. The summed E-state index contributed by atoms with van der Waals surface area (Å²) in [5.41, 5.74) is 1.03. The Morgan fingerprint density at radius 3 is 2.82 bits per heavy atom. The van der Waals surface area contributed by atoms with Gasteiger partial charge in [0.1, 0.15) is 0 Å². The summed E-state index contributed by atoms with van der Waals surface area (Å²) in [6.07, 6.45) is 1.80. The van der Waals surface area contributed by atoms with Gasteiger partial charge in [-0.1, -0.05) is 28.1 Å². The van der Waals surface area contributed by atoms with Gasteiger partial charge in [0.25, 0.3) is 0 Å². The lowest BCUT2D eigenvalue weighted by Gasteiger charge is -1.96. The minimum atomic E-state index is 1.03. The molecule has 0 N–H and O–H groups in total. The number of hydrogen-bond acceptors (Lipinski definition) is 1. The fourth-order valence-electron chi connectivity index (χ4n) is 1.07. The maximum Gasteiger partial charge on any atom is 0.0713 e. The number of nitrogens with zero attached hydrogens (tertiary/aromatic N) is 1. The molecule has 0 unspecified atom stereocenters. The number of halogens is 1. The van der Waals surface area contributed by atoms with Gasteiger partial charge in [-0.15, -0.1) is 0 Å². The van der Waals surface area contributed by atoms with E-state index in [2.05, 4.69) is 20.9 Å². The molecule has 0 aliphatic heterocycles. The summed E-state index contributed by atoms with van der Waals surface area (Å²) in [5.74, 6) is 0. The molecule has 2 rings (SSSR count). The summed E-state index contributed by atoms with van der Waals surface area (Å²) in [6.45, 7) is 0. The van der Waals surface area contributed by atoms with Crippen molar-refractivity contribution in [3.8, 4) is 0 Å². The monoisotopic (exact) mass is 207 g/mol. The number of benzene rings is 1. The van der Waals surface area contributed by atoms with E-state index in [-0.39, 0.29) is 0 Å². The Morgan fingerprint density at radius 2 is 2.00 bits per heavy atom. The molecule has 0 atom stereocenters. The molecule has 1 aromatic heterocycles. The molecule has 0 bridgehead atoms. The molecule has 1 aromatic carbocycles. The highest BCUT2D eigenvalue weighted by molar-refractivity contribution is 9.10. The van der Waals surface area contributed by atoms with Crippen LogP contribution in [0, 0.1) is 0 Å². The van der Waals surface area contributed by atoms with Crippen LogP contribution in [0.4, 0.5) is 0 Å². The summed E-state index contributed by atoms with van der Waals surface area (Å²) in [6, 6.07) is 9.99. The van der Waals surface area contributed by atoms with Gasteiger partial charge in [-0.05, 0) is 18.2 Å². The second-order valence-corrected chi connectivity index (χ2v) is 3.16. The molecule has 0 aliphatic carbocycles. The zero-order valence-corrected chi connectivity index (χ0v) is 7.38. The van der Waals surface area contributed by atoms with Gasteiger partial charge < -0.3 is 0 Å². The van der Waals surface area contributed by atoms with Crippen LogP contribution in [0.3, 0.4) is 0 Å². The van der Waals surface area contributed by atoms with Crippen LogP contribution >= 0.6 is 15.9 Å². The van der Waals surface area contributed by atoms with Crippen LogP contribution in [0.1, 0.15) is 0 Å². The maximum absolute atomic E-state index is 4.21. The number of pyridine rings is 1. The van der Waals surface area contributed by atoms with Crippen molar-refractivity contribution in [3.63, 3.8) is 0 Å². The highest BCUT2D eigenvalue weighted by atomic mass is 79.9. The lowest BCUT2D eigenvalue weighted by atomic mass is 10.2. The molecule has 0 saturated heterocycles. The molecule has 0 saturated carbocycles. The smallest absolute Gasteiger partial charge is 0.0713 e. The molecule has 0 amide bonds. The summed E-state index contributed by atoms with van der Waals surface area (Å²) >= 11 is 3.46. The number of fused-ring (bicyclic) bond motifs is 1. The van der Waals surface area contributed by atoms with E-state index in [4.69, 9.17) is 0 Å². The zero-order valence-electron chi connectivity index (χ0n) is 5.79. The summed E-state index contributed by atoms with van der Waals surface area (Å²) < 4.78 is 1.10.